The van der Waals surface area contributed by atoms with Crippen molar-refractivity contribution in [3.05, 3.63) is 23.2 Å². The Morgan fingerprint density at radius 3 is 2.47 bits per heavy atom. The molecule has 0 bridgehead atoms. The van der Waals surface area contributed by atoms with Gasteiger partial charge in [-0.1, -0.05) is 11.6 Å². The minimum absolute atomic E-state index is 0.500. The van der Waals surface area contributed by atoms with Gasteiger partial charge >= 0.3 is 0 Å². The van der Waals surface area contributed by atoms with E-state index in [9.17, 15) is 0 Å². The van der Waals surface area contributed by atoms with Crippen LogP contribution in [-0.2, 0) is 0 Å². The Bertz CT molecular complexity index is 387. The standard InChI is InChI=1S/C13H19ClN2O/c1-9-7-16(8-10(2)15-9)11-4-5-13(17-3)12(14)6-11/h4-6,9-10,15H,7-8H2,1-3H3. The zero-order chi connectivity index (χ0) is 12.4. The molecule has 3 nitrogen and oxygen atoms in total. The number of rotatable bonds is 2. The molecule has 94 valence electrons. The maximum absolute atomic E-state index is 6.15. The van der Waals surface area contributed by atoms with Gasteiger partial charge in [-0.2, -0.15) is 0 Å². The first-order chi connectivity index (χ1) is 8.10. The number of nitrogens with zero attached hydrogens (tertiary/aromatic N) is 1. The molecule has 1 fully saturated rings. The average Bonchev–Trinajstić information content (AvgIpc) is 2.27. The molecule has 1 heterocycles. The van der Waals surface area contributed by atoms with Crippen LogP contribution < -0.4 is 15.0 Å². The van der Waals surface area contributed by atoms with Gasteiger partial charge in [-0.15, -0.1) is 0 Å². The molecule has 0 aromatic heterocycles. The Kier molecular flexibility index (Phi) is 3.79. The smallest absolute Gasteiger partial charge is 0.137 e. The van der Waals surface area contributed by atoms with E-state index in [1.54, 1.807) is 7.11 Å². The van der Waals surface area contributed by atoms with Crippen LogP contribution in [0.15, 0.2) is 18.2 Å². The number of ether oxygens (including phenoxy) is 1. The van der Waals surface area contributed by atoms with Gasteiger partial charge in [0.25, 0.3) is 0 Å². The third-order valence-corrected chi connectivity index (χ3v) is 3.35. The van der Waals surface area contributed by atoms with Gasteiger partial charge in [0.1, 0.15) is 5.75 Å². The van der Waals surface area contributed by atoms with Crippen molar-refractivity contribution < 1.29 is 4.74 Å². The van der Waals surface area contributed by atoms with E-state index in [-0.39, 0.29) is 0 Å². The average molecular weight is 255 g/mol. The second kappa shape index (κ2) is 5.15. The van der Waals surface area contributed by atoms with E-state index in [1.807, 2.05) is 12.1 Å². The number of hydrogen-bond acceptors (Lipinski definition) is 3. The zero-order valence-corrected chi connectivity index (χ0v) is 11.3. The summed E-state index contributed by atoms with van der Waals surface area (Å²) < 4.78 is 5.17. The lowest BCUT2D eigenvalue weighted by Crippen LogP contribution is -2.54. The molecule has 0 spiro atoms. The monoisotopic (exact) mass is 254 g/mol. The van der Waals surface area contributed by atoms with Crippen LogP contribution in [0.1, 0.15) is 13.8 Å². The molecule has 2 rings (SSSR count). The lowest BCUT2D eigenvalue weighted by Gasteiger charge is -2.37. The Labute approximate surface area is 108 Å². The summed E-state index contributed by atoms with van der Waals surface area (Å²) in [6.07, 6.45) is 0. The number of anilines is 1. The van der Waals surface area contributed by atoms with E-state index in [2.05, 4.69) is 30.1 Å². The van der Waals surface area contributed by atoms with E-state index < -0.39 is 0 Å². The Morgan fingerprint density at radius 2 is 1.94 bits per heavy atom. The molecule has 0 saturated carbocycles. The molecule has 1 N–H and O–H groups in total. The highest BCUT2D eigenvalue weighted by atomic mass is 35.5. The van der Waals surface area contributed by atoms with Crippen molar-refractivity contribution in [1.29, 1.82) is 0 Å². The van der Waals surface area contributed by atoms with Crippen molar-refractivity contribution in [2.24, 2.45) is 0 Å². The van der Waals surface area contributed by atoms with E-state index in [0.29, 0.717) is 17.1 Å². The summed E-state index contributed by atoms with van der Waals surface area (Å²) in [5, 5.41) is 4.19. The fourth-order valence-electron chi connectivity index (χ4n) is 2.39. The number of methoxy groups -OCH3 is 1. The molecular weight excluding hydrogens is 236 g/mol. The molecule has 4 heteroatoms. The topological polar surface area (TPSA) is 24.5 Å². The first kappa shape index (κ1) is 12.5. The van der Waals surface area contributed by atoms with Gasteiger partial charge < -0.3 is 15.0 Å². The molecule has 1 aromatic carbocycles. The van der Waals surface area contributed by atoms with Crippen LogP contribution in [0.25, 0.3) is 0 Å². The molecule has 2 unspecified atom stereocenters. The zero-order valence-electron chi connectivity index (χ0n) is 10.5. The normalized spacial score (nSPS) is 24.8. The summed E-state index contributed by atoms with van der Waals surface area (Å²) in [6.45, 7) is 6.42. The largest absolute Gasteiger partial charge is 0.495 e. The minimum atomic E-state index is 0.500. The summed E-state index contributed by atoms with van der Waals surface area (Å²) >= 11 is 6.15. The number of benzene rings is 1. The molecule has 1 aromatic rings. The lowest BCUT2D eigenvalue weighted by atomic mass is 10.1. The van der Waals surface area contributed by atoms with Gasteiger partial charge in [-0.05, 0) is 32.0 Å². The fourth-order valence-corrected chi connectivity index (χ4v) is 2.64. The van der Waals surface area contributed by atoms with Crippen LogP contribution in [0.4, 0.5) is 5.69 Å². The molecule has 0 aliphatic carbocycles. The molecule has 0 amide bonds. The first-order valence-electron chi connectivity index (χ1n) is 5.94. The van der Waals surface area contributed by atoms with Gasteiger partial charge in [0.15, 0.2) is 0 Å². The predicted molar refractivity (Wildman–Crippen MR) is 72.3 cm³/mol. The molecule has 2 atom stereocenters. The summed E-state index contributed by atoms with van der Waals surface area (Å²) in [4.78, 5) is 2.36. The SMILES string of the molecule is COc1ccc(N2CC(C)NC(C)C2)cc1Cl. The quantitative estimate of drug-likeness (QED) is 0.878. The third kappa shape index (κ3) is 2.85. The van der Waals surface area contributed by atoms with Crippen molar-refractivity contribution in [2.45, 2.75) is 25.9 Å². The highest BCUT2D eigenvalue weighted by molar-refractivity contribution is 6.32. The van der Waals surface area contributed by atoms with Crippen LogP contribution >= 0.6 is 11.6 Å². The van der Waals surface area contributed by atoms with Gasteiger partial charge in [-0.25, -0.2) is 0 Å². The van der Waals surface area contributed by atoms with Crippen LogP contribution in [0.2, 0.25) is 5.02 Å². The maximum Gasteiger partial charge on any atom is 0.137 e. The van der Waals surface area contributed by atoms with Crippen LogP contribution in [0, 0.1) is 0 Å². The highest BCUT2D eigenvalue weighted by Gasteiger charge is 2.21. The van der Waals surface area contributed by atoms with E-state index in [4.69, 9.17) is 16.3 Å². The Balaban J connectivity index is 2.19. The number of halogens is 1. The third-order valence-electron chi connectivity index (χ3n) is 3.06. The molecule has 1 aliphatic rings. The summed E-state index contributed by atoms with van der Waals surface area (Å²) in [5.41, 5.74) is 1.16. The molecule has 1 aliphatic heterocycles. The first-order valence-corrected chi connectivity index (χ1v) is 6.32. The van der Waals surface area contributed by atoms with Crippen molar-refractivity contribution in [3.8, 4) is 5.75 Å². The van der Waals surface area contributed by atoms with E-state index in [0.717, 1.165) is 24.5 Å². The Hall–Kier alpha value is -0.930. The van der Waals surface area contributed by atoms with Crippen LogP contribution in [0.5, 0.6) is 5.75 Å². The molecule has 17 heavy (non-hydrogen) atoms. The van der Waals surface area contributed by atoms with Gasteiger partial charge in [0, 0.05) is 30.9 Å². The summed E-state index contributed by atoms with van der Waals surface area (Å²) in [5.74, 6) is 0.728. The highest BCUT2D eigenvalue weighted by Crippen LogP contribution is 2.29. The summed E-state index contributed by atoms with van der Waals surface area (Å²) in [6, 6.07) is 6.97. The van der Waals surface area contributed by atoms with Gasteiger partial charge in [0.05, 0.1) is 12.1 Å². The van der Waals surface area contributed by atoms with Gasteiger partial charge in [-0.3, -0.25) is 0 Å². The second-order valence-electron chi connectivity index (χ2n) is 4.69. The number of hydrogen-bond donors (Lipinski definition) is 1. The lowest BCUT2D eigenvalue weighted by molar-refractivity contribution is 0.405. The maximum atomic E-state index is 6.15. The van der Waals surface area contributed by atoms with Crippen LogP contribution in [-0.4, -0.2) is 32.3 Å². The van der Waals surface area contributed by atoms with E-state index >= 15 is 0 Å². The van der Waals surface area contributed by atoms with Crippen LogP contribution in [0.3, 0.4) is 0 Å². The summed E-state index contributed by atoms with van der Waals surface area (Å²) in [7, 11) is 1.63. The molecule has 1 saturated heterocycles. The second-order valence-corrected chi connectivity index (χ2v) is 5.10. The van der Waals surface area contributed by atoms with Crippen molar-refractivity contribution in [3.63, 3.8) is 0 Å². The van der Waals surface area contributed by atoms with E-state index in [1.165, 1.54) is 0 Å². The molecule has 0 radical (unpaired) electrons. The van der Waals surface area contributed by atoms with Crippen molar-refractivity contribution in [2.75, 3.05) is 25.1 Å². The molecular formula is C13H19ClN2O. The van der Waals surface area contributed by atoms with Crippen molar-refractivity contribution >= 4 is 17.3 Å². The fraction of sp³-hybridized carbons (Fsp3) is 0.538. The number of nitrogens with one attached hydrogen (secondary N) is 1. The Morgan fingerprint density at radius 1 is 1.29 bits per heavy atom. The van der Waals surface area contributed by atoms with Gasteiger partial charge in [0.2, 0.25) is 0 Å². The predicted octanol–water partition coefficient (Wildman–Crippen LogP) is 2.54. The van der Waals surface area contributed by atoms with Crippen molar-refractivity contribution in [1.82, 2.24) is 5.32 Å². The number of piperazine rings is 1. The minimum Gasteiger partial charge on any atom is -0.495 e.